The van der Waals surface area contributed by atoms with Crippen molar-refractivity contribution < 1.29 is 14.9 Å². The highest BCUT2D eigenvalue weighted by molar-refractivity contribution is 7.98. The number of hydrogen-bond acceptors (Lipinski definition) is 7. The fourth-order valence-electron chi connectivity index (χ4n) is 3.62. The summed E-state index contributed by atoms with van der Waals surface area (Å²) in [6, 6.07) is 5.91. The normalized spacial score (nSPS) is 32.0. The van der Waals surface area contributed by atoms with Gasteiger partial charge in [-0.3, -0.25) is 0 Å². The molecular formula is C17H20N4O3S. The highest BCUT2D eigenvalue weighted by Crippen LogP contribution is 2.55. The number of aliphatic hydroxyl groups excluding tert-OH is 2. The van der Waals surface area contributed by atoms with Crippen LogP contribution in [0.1, 0.15) is 19.0 Å². The fraction of sp³-hybridized carbons (Fsp3) is 0.471. The van der Waals surface area contributed by atoms with Crippen molar-refractivity contribution in [2.24, 2.45) is 5.41 Å². The summed E-state index contributed by atoms with van der Waals surface area (Å²) >= 11 is 1.49. The van der Waals surface area contributed by atoms with Crippen LogP contribution in [-0.2, 0) is 10.3 Å². The molecule has 0 aromatic carbocycles. The Hall–Kier alpha value is -1.92. The molecule has 2 aromatic heterocycles. The third kappa shape index (κ3) is 2.31. The summed E-state index contributed by atoms with van der Waals surface area (Å²) in [5.41, 5.74) is -1.06. The molecule has 3 rings (SSSR count). The molecule has 0 unspecified atom stereocenters. The van der Waals surface area contributed by atoms with Crippen LogP contribution in [0.15, 0.2) is 36.1 Å². The Kier molecular flexibility index (Phi) is 4.60. The van der Waals surface area contributed by atoms with Gasteiger partial charge in [-0.25, -0.2) is 9.50 Å². The van der Waals surface area contributed by atoms with Gasteiger partial charge in [0.05, 0.1) is 23.9 Å². The van der Waals surface area contributed by atoms with Gasteiger partial charge in [-0.15, -0.1) is 18.3 Å². The van der Waals surface area contributed by atoms with E-state index in [1.54, 1.807) is 17.5 Å². The molecule has 0 bridgehead atoms. The van der Waals surface area contributed by atoms with Crippen LogP contribution in [-0.4, -0.2) is 49.9 Å². The van der Waals surface area contributed by atoms with Crippen molar-refractivity contribution in [3.8, 4) is 6.07 Å². The molecule has 3 heterocycles. The van der Waals surface area contributed by atoms with Crippen LogP contribution in [0.3, 0.4) is 0 Å². The second-order valence-corrected chi connectivity index (χ2v) is 7.00. The first-order chi connectivity index (χ1) is 12.0. The van der Waals surface area contributed by atoms with Crippen LogP contribution in [0.5, 0.6) is 0 Å². The Bertz CT molecular complexity index is 848. The summed E-state index contributed by atoms with van der Waals surface area (Å²) in [5.74, 6) is 0. The highest BCUT2D eigenvalue weighted by atomic mass is 32.2. The Balaban J connectivity index is 2.30. The number of fused-ring (bicyclic) bond motifs is 1. The van der Waals surface area contributed by atoms with E-state index < -0.39 is 23.2 Å². The van der Waals surface area contributed by atoms with E-state index in [1.165, 1.54) is 18.1 Å². The predicted octanol–water partition coefficient (Wildman–Crippen LogP) is 1.50. The standard InChI is InChI=1S/C17H20N4O3S/c1-4-7-17(16(2,9-18)14(23)12(8-22)24-17)13-6-5-11-15(25-3)19-10-20-21(11)13/h4-6,10,12,14,22-23H,1,7-8H2,2-3H3/t12-,14-,16-,17+/m1/s1. The first kappa shape index (κ1) is 17.9. The molecule has 2 N–H and O–H groups in total. The quantitative estimate of drug-likeness (QED) is 0.615. The molecule has 0 aliphatic carbocycles. The molecule has 0 spiro atoms. The molecule has 0 saturated carbocycles. The van der Waals surface area contributed by atoms with Crippen molar-refractivity contribution in [3.05, 3.63) is 36.8 Å². The number of aromatic nitrogens is 3. The van der Waals surface area contributed by atoms with Crippen molar-refractivity contribution in [2.45, 2.75) is 36.2 Å². The van der Waals surface area contributed by atoms with Crippen LogP contribution in [0, 0.1) is 16.7 Å². The summed E-state index contributed by atoms with van der Waals surface area (Å²) in [6.07, 6.45) is 3.30. The molecule has 8 heteroatoms. The third-order valence-corrected chi connectivity index (χ3v) is 5.70. The predicted molar refractivity (Wildman–Crippen MR) is 92.9 cm³/mol. The minimum Gasteiger partial charge on any atom is -0.394 e. The molecule has 1 aliphatic rings. The number of nitriles is 1. The maximum atomic E-state index is 10.7. The largest absolute Gasteiger partial charge is 0.394 e. The van der Waals surface area contributed by atoms with Crippen molar-refractivity contribution in [3.63, 3.8) is 0 Å². The number of nitrogens with zero attached hydrogens (tertiary/aromatic N) is 4. The van der Waals surface area contributed by atoms with Gasteiger partial charge in [-0.2, -0.15) is 10.4 Å². The van der Waals surface area contributed by atoms with Crippen LogP contribution < -0.4 is 0 Å². The van der Waals surface area contributed by atoms with Gasteiger partial charge < -0.3 is 14.9 Å². The van der Waals surface area contributed by atoms with Gasteiger partial charge in [-0.1, -0.05) is 6.08 Å². The van der Waals surface area contributed by atoms with E-state index in [4.69, 9.17) is 4.74 Å². The first-order valence-electron chi connectivity index (χ1n) is 7.85. The van der Waals surface area contributed by atoms with Gasteiger partial charge in [-0.05, 0) is 25.3 Å². The maximum absolute atomic E-state index is 10.7. The Morgan fingerprint density at radius 1 is 1.56 bits per heavy atom. The summed E-state index contributed by atoms with van der Waals surface area (Å²) in [5, 5.41) is 35.3. The summed E-state index contributed by atoms with van der Waals surface area (Å²) in [7, 11) is 0. The van der Waals surface area contributed by atoms with Crippen LogP contribution >= 0.6 is 11.8 Å². The number of rotatable bonds is 5. The second kappa shape index (κ2) is 6.42. The van der Waals surface area contributed by atoms with Gasteiger partial charge in [0.1, 0.15) is 34.6 Å². The van der Waals surface area contributed by atoms with E-state index in [2.05, 4.69) is 22.7 Å². The van der Waals surface area contributed by atoms with Crippen molar-refractivity contribution in [2.75, 3.05) is 12.9 Å². The zero-order valence-electron chi connectivity index (χ0n) is 14.1. The van der Waals surface area contributed by atoms with E-state index in [9.17, 15) is 15.5 Å². The lowest BCUT2D eigenvalue weighted by molar-refractivity contribution is -0.0917. The SMILES string of the molecule is C=CC[C@@]1(c2ccc3c(SC)ncnn23)O[C@H](CO)[C@@H](O)[C@@]1(C)C#N. The van der Waals surface area contributed by atoms with Gasteiger partial charge in [0, 0.05) is 6.42 Å². The van der Waals surface area contributed by atoms with E-state index in [0.717, 1.165) is 10.5 Å². The van der Waals surface area contributed by atoms with E-state index in [0.29, 0.717) is 5.69 Å². The molecule has 1 fully saturated rings. The van der Waals surface area contributed by atoms with Crippen molar-refractivity contribution in [1.82, 2.24) is 14.6 Å². The van der Waals surface area contributed by atoms with Gasteiger partial charge in [0.15, 0.2) is 0 Å². The molecule has 0 amide bonds. The zero-order valence-corrected chi connectivity index (χ0v) is 14.9. The fourth-order valence-corrected chi connectivity index (χ4v) is 4.13. The number of hydrogen-bond donors (Lipinski definition) is 2. The van der Waals surface area contributed by atoms with Crippen molar-refractivity contribution in [1.29, 1.82) is 5.26 Å². The summed E-state index contributed by atoms with van der Waals surface area (Å²) in [6.45, 7) is 5.05. The molecule has 1 saturated heterocycles. The summed E-state index contributed by atoms with van der Waals surface area (Å²) in [4.78, 5) is 4.25. The monoisotopic (exact) mass is 360 g/mol. The third-order valence-electron chi connectivity index (χ3n) is 5.00. The average Bonchev–Trinajstić information content (AvgIpc) is 3.16. The molecule has 25 heavy (non-hydrogen) atoms. The van der Waals surface area contributed by atoms with E-state index in [1.807, 2.05) is 18.4 Å². The molecule has 132 valence electrons. The first-order valence-corrected chi connectivity index (χ1v) is 9.07. The minimum absolute atomic E-state index is 0.287. The van der Waals surface area contributed by atoms with Crippen molar-refractivity contribution >= 4 is 17.3 Å². The van der Waals surface area contributed by atoms with Crippen LogP contribution in [0.2, 0.25) is 0 Å². The van der Waals surface area contributed by atoms with Gasteiger partial charge in [0.2, 0.25) is 0 Å². The zero-order chi connectivity index (χ0) is 18.2. The van der Waals surface area contributed by atoms with Crippen LogP contribution in [0.4, 0.5) is 0 Å². The number of aliphatic hydroxyl groups is 2. The maximum Gasteiger partial charge on any atom is 0.137 e. The number of thioether (sulfide) groups is 1. The Morgan fingerprint density at radius 2 is 2.32 bits per heavy atom. The molecular weight excluding hydrogens is 340 g/mol. The molecule has 1 aliphatic heterocycles. The molecule has 0 radical (unpaired) electrons. The molecule has 4 atom stereocenters. The number of ether oxygens (including phenoxy) is 1. The lowest BCUT2D eigenvalue weighted by atomic mass is 9.68. The van der Waals surface area contributed by atoms with Gasteiger partial charge >= 0.3 is 0 Å². The lowest BCUT2D eigenvalue weighted by Gasteiger charge is -2.37. The topological polar surface area (TPSA) is 104 Å². The van der Waals surface area contributed by atoms with E-state index in [-0.39, 0.29) is 13.0 Å². The smallest absolute Gasteiger partial charge is 0.137 e. The lowest BCUT2D eigenvalue weighted by Crippen LogP contribution is -2.45. The average molecular weight is 360 g/mol. The summed E-state index contributed by atoms with van der Waals surface area (Å²) < 4.78 is 7.79. The minimum atomic E-state index is -1.28. The Morgan fingerprint density at radius 3 is 2.92 bits per heavy atom. The Labute approximate surface area is 149 Å². The molecule has 2 aromatic rings. The van der Waals surface area contributed by atoms with E-state index >= 15 is 0 Å². The highest BCUT2D eigenvalue weighted by Gasteiger charge is 2.64. The molecule has 7 nitrogen and oxygen atoms in total. The van der Waals surface area contributed by atoms with Crippen LogP contribution in [0.25, 0.3) is 5.52 Å². The van der Waals surface area contributed by atoms with Gasteiger partial charge in [0.25, 0.3) is 0 Å². The second-order valence-electron chi connectivity index (χ2n) is 6.20.